The predicted octanol–water partition coefficient (Wildman–Crippen LogP) is 4.36. The molecule has 130 valence electrons. The Balaban J connectivity index is 2.50. The maximum Gasteiger partial charge on any atom is 0.278 e. The number of nitrogens with zero attached hydrogens (tertiary/aromatic N) is 2. The lowest BCUT2D eigenvalue weighted by Crippen LogP contribution is -2.26. The van der Waals surface area contributed by atoms with E-state index in [0.29, 0.717) is 15.7 Å². The number of hydrogen-bond acceptors (Lipinski definition) is 4. The Kier molecular flexibility index (Phi) is 6.03. The van der Waals surface area contributed by atoms with E-state index in [4.69, 9.17) is 4.74 Å². The number of ether oxygens (including phenoxy) is 1. The second-order valence-corrected chi connectivity index (χ2v) is 7.38. The largest absolute Gasteiger partial charge is 0.472 e. The van der Waals surface area contributed by atoms with Crippen molar-refractivity contribution in [2.24, 2.45) is 7.05 Å². The number of alkyl halides is 2. The monoisotopic (exact) mass is 418 g/mol. The van der Waals surface area contributed by atoms with Gasteiger partial charge in [0.1, 0.15) is 0 Å². The van der Waals surface area contributed by atoms with Crippen molar-refractivity contribution in [3.05, 3.63) is 39.2 Å². The molecule has 0 atom stereocenters. The topological polar surface area (TPSA) is 44.1 Å². The summed E-state index contributed by atoms with van der Waals surface area (Å²) in [6, 6.07) is 5.27. The van der Waals surface area contributed by atoms with Gasteiger partial charge in [0.25, 0.3) is 11.5 Å². The van der Waals surface area contributed by atoms with Gasteiger partial charge in [-0.3, -0.25) is 14.3 Å². The maximum atomic E-state index is 13.0. The minimum Gasteiger partial charge on any atom is -0.472 e. The average molecular weight is 419 g/mol. The molecule has 0 N–H and O–H groups in total. The van der Waals surface area contributed by atoms with E-state index in [9.17, 15) is 13.6 Å². The van der Waals surface area contributed by atoms with Gasteiger partial charge < -0.3 is 4.74 Å². The summed E-state index contributed by atoms with van der Waals surface area (Å²) in [5.41, 5.74) is 0.596. The van der Waals surface area contributed by atoms with Crippen molar-refractivity contribution in [1.29, 1.82) is 0 Å². The van der Waals surface area contributed by atoms with Gasteiger partial charge in [-0.25, -0.2) is 8.78 Å². The SMILES string of the molecule is CCSc1cccnc1-c1cc(Br)c(OCC(C)(F)F)n(C)c1=O. The minimum atomic E-state index is -2.99. The fraction of sp³-hybridized carbons (Fsp3) is 0.375. The molecular formula is C16H17BrF2N2O2S. The first-order chi connectivity index (χ1) is 11.2. The Morgan fingerprint density at radius 1 is 1.46 bits per heavy atom. The van der Waals surface area contributed by atoms with E-state index in [1.807, 2.05) is 19.1 Å². The molecule has 8 heteroatoms. The Labute approximate surface area is 151 Å². The highest BCUT2D eigenvalue weighted by Crippen LogP contribution is 2.32. The fourth-order valence-electron chi connectivity index (χ4n) is 2.08. The first kappa shape index (κ1) is 18.9. The van der Waals surface area contributed by atoms with Crippen LogP contribution in [0.5, 0.6) is 5.88 Å². The summed E-state index contributed by atoms with van der Waals surface area (Å²) in [5, 5.41) is 0. The van der Waals surface area contributed by atoms with Gasteiger partial charge in [0.15, 0.2) is 6.61 Å². The van der Waals surface area contributed by atoms with E-state index < -0.39 is 12.5 Å². The summed E-state index contributed by atoms with van der Waals surface area (Å²) in [6.45, 7) is 1.96. The third-order valence-electron chi connectivity index (χ3n) is 3.10. The molecule has 0 saturated heterocycles. The van der Waals surface area contributed by atoms with Crippen LogP contribution in [-0.4, -0.2) is 27.8 Å². The van der Waals surface area contributed by atoms with Crippen molar-refractivity contribution in [3.63, 3.8) is 0 Å². The minimum absolute atomic E-state index is 0.0610. The molecule has 0 radical (unpaired) electrons. The van der Waals surface area contributed by atoms with Crippen LogP contribution in [0.4, 0.5) is 8.78 Å². The van der Waals surface area contributed by atoms with Crippen LogP contribution in [0.2, 0.25) is 0 Å². The van der Waals surface area contributed by atoms with Crippen LogP contribution in [0.3, 0.4) is 0 Å². The van der Waals surface area contributed by atoms with Crippen LogP contribution in [0, 0.1) is 0 Å². The lowest BCUT2D eigenvalue weighted by Gasteiger charge is -2.17. The molecule has 0 aliphatic rings. The fourth-order valence-corrected chi connectivity index (χ4v) is 3.47. The molecule has 4 nitrogen and oxygen atoms in total. The zero-order chi connectivity index (χ0) is 17.9. The van der Waals surface area contributed by atoms with E-state index in [1.165, 1.54) is 11.6 Å². The standard InChI is InChI=1S/C16H17BrF2N2O2S/c1-4-24-12-6-5-7-20-13(12)10-8-11(17)15(21(3)14(10)22)23-9-16(2,18)19/h5-8H,4,9H2,1-3H3. The molecule has 2 aromatic heterocycles. The molecule has 0 amide bonds. The second-order valence-electron chi connectivity index (χ2n) is 5.22. The molecule has 0 aromatic carbocycles. The number of pyridine rings is 2. The van der Waals surface area contributed by atoms with Crippen molar-refractivity contribution in [3.8, 4) is 17.1 Å². The molecule has 2 heterocycles. The molecule has 0 saturated carbocycles. The molecular weight excluding hydrogens is 402 g/mol. The number of aromatic nitrogens is 2. The smallest absolute Gasteiger partial charge is 0.278 e. The van der Waals surface area contributed by atoms with Crippen molar-refractivity contribution >= 4 is 27.7 Å². The third-order valence-corrected chi connectivity index (χ3v) is 4.60. The summed E-state index contributed by atoms with van der Waals surface area (Å²) < 4.78 is 32.8. The van der Waals surface area contributed by atoms with Crippen LogP contribution in [-0.2, 0) is 7.05 Å². The van der Waals surface area contributed by atoms with Gasteiger partial charge in [-0.1, -0.05) is 6.92 Å². The van der Waals surface area contributed by atoms with Crippen LogP contribution in [0.1, 0.15) is 13.8 Å². The Morgan fingerprint density at radius 3 is 2.79 bits per heavy atom. The molecule has 0 spiro atoms. The summed E-state index contributed by atoms with van der Waals surface area (Å²) >= 11 is 4.88. The lowest BCUT2D eigenvalue weighted by atomic mass is 10.2. The Hall–Kier alpha value is -1.41. The van der Waals surface area contributed by atoms with Gasteiger partial charge in [-0.2, -0.15) is 0 Å². The van der Waals surface area contributed by atoms with Gasteiger partial charge in [-0.05, 0) is 39.9 Å². The highest BCUT2D eigenvalue weighted by Gasteiger charge is 2.24. The Morgan fingerprint density at radius 2 is 2.17 bits per heavy atom. The molecule has 0 aliphatic heterocycles. The van der Waals surface area contributed by atoms with E-state index in [2.05, 4.69) is 20.9 Å². The number of rotatable bonds is 6. The molecule has 0 unspecified atom stereocenters. The second kappa shape index (κ2) is 7.65. The van der Waals surface area contributed by atoms with E-state index in [-0.39, 0.29) is 11.4 Å². The first-order valence-electron chi connectivity index (χ1n) is 7.23. The van der Waals surface area contributed by atoms with E-state index in [1.54, 1.807) is 24.0 Å². The summed E-state index contributed by atoms with van der Waals surface area (Å²) in [5.74, 6) is -2.08. The van der Waals surface area contributed by atoms with Crippen molar-refractivity contribution in [1.82, 2.24) is 9.55 Å². The Bertz CT molecular complexity index is 791. The number of hydrogen-bond donors (Lipinski definition) is 0. The van der Waals surface area contributed by atoms with Gasteiger partial charge in [0, 0.05) is 25.1 Å². The van der Waals surface area contributed by atoms with Gasteiger partial charge in [0.05, 0.1) is 15.7 Å². The van der Waals surface area contributed by atoms with Gasteiger partial charge in [0.2, 0.25) is 5.88 Å². The molecule has 2 rings (SSSR count). The van der Waals surface area contributed by atoms with E-state index >= 15 is 0 Å². The number of halogens is 3. The van der Waals surface area contributed by atoms with E-state index in [0.717, 1.165) is 17.6 Å². The normalized spacial score (nSPS) is 11.6. The van der Waals surface area contributed by atoms with Crippen LogP contribution < -0.4 is 10.3 Å². The van der Waals surface area contributed by atoms with Crippen molar-refractivity contribution < 1.29 is 13.5 Å². The summed E-state index contributed by atoms with van der Waals surface area (Å²) in [4.78, 5) is 17.8. The predicted molar refractivity (Wildman–Crippen MR) is 95.1 cm³/mol. The quantitative estimate of drug-likeness (QED) is 0.653. The van der Waals surface area contributed by atoms with Gasteiger partial charge in [-0.15, -0.1) is 11.8 Å². The zero-order valence-corrected chi connectivity index (χ0v) is 15.9. The highest BCUT2D eigenvalue weighted by molar-refractivity contribution is 9.10. The lowest BCUT2D eigenvalue weighted by molar-refractivity contribution is -0.0255. The molecule has 0 aliphatic carbocycles. The summed E-state index contributed by atoms with van der Waals surface area (Å²) in [7, 11) is 1.48. The van der Waals surface area contributed by atoms with Crippen LogP contribution >= 0.6 is 27.7 Å². The first-order valence-corrected chi connectivity index (χ1v) is 9.00. The molecule has 0 fully saturated rings. The third kappa shape index (κ3) is 4.36. The average Bonchev–Trinajstić information content (AvgIpc) is 2.51. The highest BCUT2D eigenvalue weighted by atomic mass is 79.9. The van der Waals surface area contributed by atoms with Crippen molar-refractivity contribution in [2.75, 3.05) is 12.4 Å². The molecule has 24 heavy (non-hydrogen) atoms. The van der Waals surface area contributed by atoms with Crippen molar-refractivity contribution in [2.45, 2.75) is 24.7 Å². The van der Waals surface area contributed by atoms with Crippen LogP contribution in [0.25, 0.3) is 11.3 Å². The van der Waals surface area contributed by atoms with Gasteiger partial charge >= 0.3 is 0 Å². The zero-order valence-electron chi connectivity index (χ0n) is 13.5. The molecule has 0 bridgehead atoms. The maximum absolute atomic E-state index is 13.0. The molecule has 2 aromatic rings. The number of thioether (sulfide) groups is 1. The summed E-state index contributed by atoms with van der Waals surface area (Å²) in [6.07, 6.45) is 1.62. The van der Waals surface area contributed by atoms with Crippen LogP contribution in [0.15, 0.2) is 38.6 Å².